The van der Waals surface area contributed by atoms with Crippen molar-refractivity contribution in [1.82, 2.24) is 4.31 Å². The minimum absolute atomic E-state index is 0.0450. The number of sulfonamides is 1. The lowest BCUT2D eigenvalue weighted by Crippen LogP contribution is -2.31. The Kier molecular flexibility index (Phi) is 3.34. The van der Waals surface area contributed by atoms with Crippen molar-refractivity contribution in [3.05, 3.63) is 53.1 Å². The largest absolute Gasteiger partial charge is 0.243 e. The quantitative estimate of drug-likeness (QED) is 0.841. The van der Waals surface area contributed by atoms with Gasteiger partial charge in [0.15, 0.2) is 0 Å². The second-order valence-corrected chi connectivity index (χ2v) is 8.35. The second-order valence-electron chi connectivity index (χ2n) is 6.41. The van der Waals surface area contributed by atoms with Crippen molar-refractivity contribution in [2.24, 2.45) is 5.41 Å². The topological polar surface area (TPSA) is 37.4 Å². The molecule has 1 heterocycles. The predicted molar refractivity (Wildman–Crippen MR) is 84.5 cm³/mol. The Morgan fingerprint density at radius 2 is 1.81 bits per heavy atom. The van der Waals surface area contributed by atoms with E-state index in [0.29, 0.717) is 18.0 Å². The van der Waals surface area contributed by atoms with Crippen molar-refractivity contribution in [2.75, 3.05) is 13.1 Å². The Labute approximate surface area is 127 Å². The predicted octanol–water partition coefficient (Wildman–Crippen LogP) is 3.28. The zero-order valence-corrected chi connectivity index (χ0v) is 13.6. The molecule has 0 unspecified atom stereocenters. The van der Waals surface area contributed by atoms with Crippen LogP contribution in [0.1, 0.15) is 25.8 Å². The standard InChI is InChI=1S/C17H21NO2S/c1-13-6-8-15(9-7-13)21(19,20)18-11-16-14(2)5-4-10-17(16,3)12-18/h4-9H,10-12H2,1-3H3/t17-/m0/s1. The molecular weight excluding hydrogens is 282 g/mol. The van der Waals surface area contributed by atoms with Gasteiger partial charge in [-0.2, -0.15) is 4.31 Å². The summed E-state index contributed by atoms with van der Waals surface area (Å²) in [6.07, 6.45) is 5.18. The Bertz CT molecular complexity index is 729. The van der Waals surface area contributed by atoms with Crippen LogP contribution < -0.4 is 0 Å². The van der Waals surface area contributed by atoms with Crippen molar-refractivity contribution >= 4 is 10.0 Å². The molecule has 112 valence electrons. The monoisotopic (exact) mass is 303 g/mol. The summed E-state index contributed by atoms with van der Waals surface area (Å²) in [6.45, 7) is 7.29. The summed E-state index contributed by atoms with van der Waals surface area (Å²) in [5, 5.41) is 0. The molecule has 0 bridgehead atoms. The molecule has 0 spiro atoms. The lowest BCUT2D eigenvalue weighted by atomic mass is 9.77. The van der Waals surface area contributed by atoms with Crippen molar-refractivity contribution in [2.45, 2.75) is 32.1 Å². The summed E-state index contributed by atoms with van der Waals surface area (Å²) >= 11 is 0. The molecule has 1 aliphatic heterocycles. The summed E-state index contributed by atoms with van der Waals surface area (Å²) in [7, 11) is -3.40. The van der Waals surface area contributed by atoms with E-state index in [2.05, 4.69) is 26.0 Å². The molecule has 4 heteroatoms. The highest BCUT2D eigenvalue weighted by molar-refractivity contribution is 7.89. The van der Waals surface area contributed by atoms with Gasteiger partial charge in [0, 0.05) is 18.5 Å². The number of fused-ring (bicyclic) bond motifs is 1. The highest BCUT2D eigenvalue weighted by atomic mass is 32.2. The zero-order valence-electron chi connectivity index (χ0n) is 12.8. The molecule has 0 N–H and O–H groups in total. The van der Waals surface area contributed by atoms with Crippen LogP contribution in [0.2, 0.25) is 0 Å². The van der Waals surface area contributed by atoms with Crippen LogP contribution in [-0.4, -0.2) is 25.8 Å². The molecule has 1 aromatic carbocycles. The molecule has 0 saturated carbocycles. The van der Waals surface area contributed by atoms with Crippen LogP contribution in [0.5, 0.6) is 0 Å². The lowest BCUT2D eigenvalue weighted by molar-refractivity contribution is 0.373. The molecule has 2 aliphatic rings. The minimum Gasteiger partial charge on any atom is -0.207 e. The fraction of sp³-hybridized carbons (Fsp3) is 0.412. The molecule has 0 radical (unpaired) electrons. The summed E-state index contributed by atoms with van der Waals surface area (Å²) < 4.78 is 27.3. The van der Waals surface area contributed by atoms with E-state index in [-0.39, 0.29) is 5.41 Å². The third-order valence-electron chi connectivity index (χ3n) is 4.66. The van der Waals surface area contributed by atoms with Crippen LogP contribution in [0.4, 0.5) is 0 Å². The van der Waals surface area contributed by atoms with Gasteiger partial charge in [0.1, 0.15) is 0 Å². The first-order chi connectivity index (χ1) is 9.83. The molecule has 3 nitrogen and oxygen atoms in total. The minimum atomic E-state index is -3.40. The molecule has 1 atom stereocenters. The van der Waals surface area contributed by atoms with Gasteiger partial charge in [-0.3, -0.25) is 0 Å². The zero-order chi connectivity index (χ0) is 15.3. The summed E-state index contributed by atoms with van der Waals surface area (Å²) in [5.41, 5.74) is 3.50. The summed E-state index contributed by atoms with van der Waals surface area (Å²) in [5.74, 6) is 0. The number of aryl methyl sites for hydroxylation is 1. The third kappa shape index (κ3) is 2.36. The van der Waals surface area contributed by atoms with Crippen molar-refractivity contribution < 1.29 is 8.42 Å². The number of nitrogens with zero attached hydrogens (tertiary/aromatic N) is 1. The van der Waals surface area contributed by atoms with E-state index in [9.17, 15) is 8.42 Å². The Morgan fingerprint density at radius 3 is 2.43 bits per heavy atom. The van der Waals surface area contributed by atoms with Crippen LogP contribution in [0.15, 0.2) is 52.5 Å². The van der Waals surface area contributed by atoms with Gasteiger partial charge >= 0.3 is 0 Å². The molecular formula is C17H21NO2S. The maximum Gasteiger partial charge on any atom is 0.243 e. The van der Waals surface area contributed by atoms with Gasteiger partial charge in [-0.05, 0) is 38.0 Å². The average Bonchev–Trinajstić information content (AvgIpc) is 2.79. The fourth-order valence-corrected chi connectivity index (χ4v) is 4.85. The van der Waals surface area contributed by atoms with Gasteiger partial charge in [0.05, 0.1) is 4.90 Å². The summed E-state index contributed by atoms with van der Waals surface area (Å²) in [4.78, 5) is 0.390. The first-order valence-electron chi connectivity index (χ1n) is 7.26. The first kappa shape index (κ1) is 14.5. The van der Waals surface area contributed by atoms with Crippen molar-refractivity contribution in [3.8, 4) is 0 Å². The highest BCUT2D eigenvalue weighted by Crippen LogP contribution is 2.44. The Morgan fingerprint density at radius 1 is 1.14 bits per heavy atom. The van der Waals surface area contributed by atoms with Gasteiger partial charge < -0.3 is 0 Å². The van der Waals surface area contributed by atoms with Gasteiger partial charge in [0.2, 0.25) is 10.0 Å². The first-order valence-corrected chi connectivity index (χ1v) is 8.70. The molecule has 1 saturated heterocycles. The summed E-state index contributed by atoms with van der Waals surface area (Å²) in [6, 6.07) is 7.11. The van der Waals surface area contributed by atoms with Gasteiger partial charge in [-0.25, -0.2) is 8.42 Å². The van der Waals surface area contributed by atoms with Crippen LogP contribution in [0, 0.1) is 12.3 Å². The van der Waals surface area contributed by atoms with Crippen LogP contribution in [-0.2, 0) is 10.0 Å². The van der Waals surface area contributed by atoms with E-state index >= 15 is 0 Å². The van der Waals surface area contributed by atoms with E-state index in [1.54, 1.807) is 16.4 Å². The maximum absolute atomic E-state index is 12.8. The molecule has 0 amide bonds. The van der Waals surface area contributed by atoms with Crippen LogP contribution in [0.3, 0.4) is 0 Å². The SMILES string of the molecule is CC1=C2CN(S(=O)(=O)c3ccc(C)cc3)C[C@]2(C)CC=C1. The number of hydrogen-bond acceptors (Lipinski definition) is 2. The Hall–Kier alpha value is -1.39. The van der Waals surface area contributed by atoms with E-state index in [0.717, 1.165) is 12.0 Å². The van der Waals surface area contributed by atoms with E-state index in [4.69, 9.17) is 0 Å². The number of benzene rings is 1. The number of rotatable bonds is 2. The van der Waals surface area contributed by atoms with Crippen molar-refractivity contribution in [3.63, 3.8) is 0 Å². The maximum atomic E-state index is 12.8. The van der Waals surface area contributed by atoms with Crippen molar-refractivity contribution in [1.29, 1.82) is 0 Å². The lowest BCUT2D eigenvalue weighted by Gasteiger charge is -2.28. The van der Waals surface area contributed by atoms with Crippen LogP contribution in [0.25, 0.3) is 0 Å². The normalized spacial score (nSPS) is 26.2. The van der Waals surface area contributed by atoms with E-state index < -0.39 is 10.0 Å². The highest BCUT2D eigenvalue weighted by Gasteiger charge is 2.44. The molecule has 1 aromatic rings. The number of hydrogen-bond donors (Lipinski definition) is 0. The smallest absolute Gasteiger partial charge is 0.207 e. The van der Waals surface area contributed by atoms with Gasteiger partial charge in [-0.1, -0.05) is 42.3 Å². The van der Waals surface area contributed by atoms with Gasteiger partial charge in [0.25, 0.3) is 0 Å². The third-order valence-corrected chi connectivity index (χ3v) is 6.47. The Balaban J connectivity index is 1.96. The average molecular weight is 303 g/mol. The van der Waals surface area contributed by atoms with E-state index in [1.165, 1.54) is 11.1 Å². The molecule has 1 fully saturated rings. The fourth-order valence-electron chi connectivity index (χ4n) is 3.32. The molecule has 3 rings (SSSR count). The number of allylic oxidation sites excluding steroid dienone is 3. The second kappa shape index (κ2) is 4.82. The van der Waals surface area contributed by atoms with Crippen LogP contribution >= 0.6 is 0 Å². The molecule has 0 aromatic heterocycles. The molecule has 21 heavy (non-hydrogen) atoms. The van der Waals surface area contributed by atoms with Gasteiger partial charge in [-0.15, -0.1) is 0 Å². The molecule has 1 aliphatic carbocycles. The van der Waals surface area contributed by atoms with E-state index in [1.807, 2.05) is 19.1 Å².